The molecule has 0 unspecified atom stereocenters. The van der Waals surface area contributed by atoms with Gasteiger partial charge >= 0.3 is 5.97 Å². The van der Waals surface area contributed by atoms with Crippen molar-refractivity contribution in [2.24, 2.45) is 23.5 Å². The van der Waals surface area contributed by atoms with Crippen molar-refractivity contribution in [3.63, 3.8) is 0 Å². The Balaban J connectivity index is 2.03. The third-order valence-corrected chi connectivity index (χ3v) is 3.54. The van der Waals surface area contributed by atoms with E-state index in [0.717, 1.165) is 6.42 Å². The number of hydrogen-bond donors (Lipinski definition) is 1. The maximum Gasteiger partial charge on any atom is 0.310 e. The Morgan fingerprint density at radius 2 is 2.15 bits per heavy atom. The molecule has 2 bridgehead atoms. The van der Waals surface area contributed by atoms with Gasteiger partial charge in [0, 0.05) is 6.04 Å². The number of carbonyl (C=O) groups is 1. The van der Waals surface area contributed by atoms with E-state index in [4.69, 9.17) is 10.5 Å². The molecule has 2 N–H and O–H groups in total. The van der Waals surface area contributed by atoms with E-state index >= 15 is 0 Å². The highest BCUT2D eigenvalue weighted by Crippen LogP contribution is 2.47. The van der Waals surface area contributed by atoms with Gasteiger partial charge in [-0.05, 0) is 38.0 Å². The molecule has 0 aromatic heterocycles. The van der Waals surface area contributed by atoms with Crippen LogP contribution in [0, 0.1) is 17.8 Å². The fraction of sp³-hybridized carbons (Fsp3) is 0.900. The molecule has 13 heavy (non-hydrogen) atoms. The number of fused-ring (bicyclic) bond motifs is 2. The summed E-state index contributed by atoms with van der Waals surface area (Å²) in [4.78, 5) is 11.5. The molecule has 2 fully saturated rings. The molecule has 0 radical (unpaired) electrons. The first-order chi connectivity index (χ1) is 6.24. The summed E-state index contributed by atoms with van der Waals surface area (Å²) < 4.78 is 5.03. The van der Waals surface area contributed by atoms with Crippen molar-refractivity contribution in [2.45, 2.75) is 32.2 Å². The Hall–Kier alpha value is -0.570. The van der Waals surface area contributed by atoms with Gasteiger partial charge in [0.15, 0.2) is 0 Å². The molecule has 74 valence electrons. The lowest BCUT2D eigenvalue weighted by molar-refractivity contribution is -0.150. The van der Waals surface area contributed by atoms with E-state index in [-0.39, 0.29) is 17.9 Å². The van der Waals surface area contributed by atoms with E-state index in [0.29, 0.717) is 18.4 Å². The van der Waals surface area contributed by atoms with Crippen LogP contribution < -0.4 is 5.73 Å². The lowest BCUT2D eigenvalue weighted by atomic mass is 9.85. The zero-order valence-corrected chi connectivity index (χ0v) is 8.03. The van der Waals surface area contributed by atoms with Crippen LogP contribution in [-0.4, -0.2) is 18.6 Å². The second-order valence-corrected chi connectivity index (χ2v) is 4.19. The van der Waals surface area contributed by atoms with Crippen LogP contribution >= 0.6 is 0 Å². The second-order valence-electron chi connectivity index (χ2n) is 4.19. The van der Waals surface area contributed by atoms with Crippen molar-refractivity contribution in [1.82, 2.24) is 0 Å². The third kappa shape index (κ3) is 1.35. The first kappa shape index (κ1) is 9.00. The molecule has 0 aliphatic heterocycles. The SMILES string of the molecule is CCOC(=O)[C@H]1[C@H]2CC[C@@H](C2)[C@@H]1N. The zero-order chi connectivity index (χ0) is 9.42. The molecule has 0 spiro atoms. The topological polar surface area (TPSA) is 52.3 Å². The van der Waals surface area contributed by atoms with Gasteiger partial charge in [-0.3, -0.25) is 4.79 Å². The molecule has 0 aromatic rings. The molecular weight excluding hydrogens is 166 g/mol. The molecule has 2 rings (SSSR count). The molecule has 0 saturated heterocycles. The minimum atomic E-state index is -0.0674. The van der Waals surface area contributed by atoms with Crippen LogP contribution in [0.1, 0.15) is 26.2 Å². The molecule has 0 aromatic carbocycles. The standard InChI is InChI=1S/C10H17NO2/c1-2-13-10(12)8-6-3-4-7(5-6)9(8)11/h6-9H,2-5,11H2,1H3/t6-,7-,8-,9-/m0/s1. The summed E-state index contributed by atoms with van der Waals surface area (Å²) in [6.07, 6.45) is 3.52. The Morgan fingerprint density at radius 3 is 2.69 bits per heavy atom. The van der Waals surface area contributed by atoms with Gasteiger partial charge in [-0.1, -0.05) is 0 Å². The third-order valence-electron chi connectivity index (χ3n) is 3.54. The largest absolute Gasteiger partial charge is 0.466 e. The van der Waals surface area contributed by atoms with Crippen molar-refractivity contribution < 1.29 is 9.53 Å². The lowest BCUT2D eigenvalue weighted by Crippen LogP contribution is -2.41. The van der Waals surface area contributed by atoms with Crippen LogP contribution in [0.4, 0.5) is 0 Å². The van der Waals surface area contributed by atoms with E-state index in [2.05, 4.69) is 0 Å². The highest BCUT2D eigenvalue weighted by molar-refractivity contribution is 5.74. The van der Waals surface area contributed by atoms with Crippen molar-refractivity contribution in [3.05, 3.63) is 0 Å². The van der Waals surface area contributed by atoms with Crippen LogP contribution in [0.25, 0.3) is 0 Å². The van der Waals surface area contributed by atoms with Crippen molar-refractivity contribution >= 4 is 5.97 Å². The number of ether oxygens (including phenoxy) is 1. The molecule has 2 saturated carbocycles. The molecule has 3 heteroatoms. The first-order valence-corrected chi connectivity index (χ1v) is 5.16. The van der Waals surface area contributed by atoms with Crippen LogP contribution in [0.15, 0.2) is 0 Å². The van der Waals surface area contributed by atoms with Gasteiger partial charge in [0.25, 0.3) is 0 Å². The van der Waals surface area contributed by atoms with Crippen LogP contribution in [0.2, 0.25) is 0 Å². The Kier molecular flexibility index (Phi) is 2.28. The average molecular weight is 183 g/mol. The van der Waals surface area contributed by atoms with Crippen molar-refractivity contribution in [3.8, 4) is 0 Å². The first-order valence-electron chi connectivity index (χ1n) is 5.16. The monoisotopic (exact) mass is 183 g/mol. The predicted molar refractivity (Wildman–Crippen MR) is 48.9 cm³/mol. The molecule has 0 amide bonds. The number of nitrogens with two attached hydrogens (primary N) is 1. The van der Waals surface area contributed by atoms with Crippen LogP contribution in [-0.2, 0) is 9.53 Å². The molecular formula is C10H17NO2. The minimum absolute atomic E-state index is 0.00120. The molecule has 2 aliphatic rings. The number of carbonyl (C=O) groups excluding carboxylic acids is 1. The average Bonchev–Trinajstić information content (AvgIpc) is 2.63. The van der Waals surface area contributed by atoms with Crippen molar-refractivity contribution in [2.75, 3.05) is 6.61 Å². The second kappa shape index (κ2) is 3.29. The van der Waals surface area contributed by atoms with E-state index in [1.54, 1.807) is 0 Å². The summed E-state index contributed by atoms with van der Waals surface area (Å²) >= 11 is 0. The molecule has 2 aliphatic carbocycles. The highest BCUT2D eigenvalue weighted by atomic mass is 16.5. The Morgan fingerprint density at radius 1 is 1.46 bits per heavy atom. The van der Waals surface area contributed by atoms with E-state index in [1.807, 2.05) is 6.92 Å². The zero-order valence-electron chi connectivity index (χ0n) is 8.03. The summed E-state index contributed by atoms with van der Waals surface area (Å²) in [7, 11) is 0. The fourth-order valence-electron chi connectivity index (χ4n) is 2.92. The summed E-state index contributed by atoms with van der Waals surface area (Å²) in [5.41, 5.74) is 5.99. The fourth-order valence-corrected chi connectivity index (χ4v) is 2.92. The summed E-state index contributed by atoms with van der Waals surface area (Å²) in [6, 6.07) is 0.0674. The van der Waals surface area contributed by atoms with Gasteiger partial charge in [-0.15, -0.1) is 0 Å². The summed E-state index contributed by atoms with van der Waals surface area (Å²) in [5.74, 6) is 1.03. The van der Waals surface area contributed by atoms with Gasteiger partial charge < -0.3 is 10.5 Å². The maximum atomic E-state index is 11.5. The van der Waals surface area contributed by atoms with Gasteiger partial charge in [0.2, 0.25) is 0 Å². The van der Waals surface area contributed by atoms with Crippen molar-refractivity contribution in [1.29, 1.82) is 0 Å². The minimum Gasteiger partial charge on any atom is -0.466 e. The number of rotatable bonds is 2. The smallest absolute Gasteiger partial charge is 0.310 e. The van der Waals surface area contributed by atoms with Gasteiger partial charge in [0.05, 0.1) is 12.5 Å². The van der Waals surface area contributed by atoms with Gasteiger partial charge in [-0.2, -0.15) is 0 Å². The number of esters is 1. The van der Waals surface area contributed by atoms with Crippen LogP contribution in [0.3, 0.4) is 0 Å². The van der Waals surface area contributed by atoms with E-state index in [1.165, 1.54) is 12.8 Å². The molecule has 3 nitrogen and oxygen atoms in total. The lowest BCUT2D eigenvalue weighted by Gasteiger charge is -2.25. The van der Waals surface area contributed by atoms with Crippen LogP contribution in [0.5, 0.6) is 0 Å². The van der Waals surface area contributed by atoms with E-state index < -0.39 is 0 Å². The Labute approximate surface area is 78.6 Å². The van der Waals surface area contributed by atoms with Gasteiger partial charge in [0.1, 0.15) is 0 Å². The normalized spacial score (nSPS) is 42.3. The maximum absolute atomic E-state index is 11.5. The molecule has 0 heterocycles. The highest BCUT2D eigenvalue weighted by Gasteiger charge is 2.49. The predicted octanol–water partition coefficient (Wildman–Crippen LogP) is 0.923. The number of hydrogen-bond acceptors (Lipinski definition) is 3. The Bertz CT molecular complexity index is 215. The quantitative estimate of drug-likeness (QED) is 0.648. The summed E-state index contributed by atoms with van der Waals surface area (Å²) in [6.45, 7) is 2.32. The van der Waals surface area contributed by atoms with Gasteiger partial charge in [-0.25, -0.2) is 0 Å². The van der Waals surface area contributed by atoms with E-state index in [9.17, 15) is 4.79 Å². The summed E-state index contributed by atoms with van der Waals surface area (Å²) in [5, 5.41) is 0. The molecule has 4 atom stereocenters.